The maximum atomic E-state index is 12.6. The number of rotatable bonds is 6. The zero-order chi connectivity index (χ0) is 17.0. The maximum Gasteiger partial charge on any atom is 0.332 e. The largest absolute Gasteiger partial charge is 0.352 e. The molecule has 1 N–H and O–H groups in total. The number of carbonyl (C=O) groups excluding carboxylic acids is 1. The second-order valence-electron chi connectivity index (χ2n) is 5.47. The Bertz CT molecular complexity index is 848. The topological polar surface area (TPSA) is 73.1 Å². The van der Waals surface area contributed by atoms with E-state index in [0.29, 0.717) is 10.9 Å². The quantitative estimate of drug-likeness (QED) is 0.816. The highest BCUT2D eigenvalue weighted by Gasteiger charge is 2.15. The average molecular weight is 315 g/mol. The third-order valence-corrected chi connectivity index (χ3v) is 3.77. The zero-order valence-corrected chi connectivity index (χ0v) is 13.4. The van der Waals surface area contributed by atoms with Crippen molar-refractivity contribution in [3.63, 3.8) is 0 Å². The molecule has 0 aliphatic rings. The molecule has 0 saturated heterocycles. The molecule has 0 fully saturated rings. The van der Waals surface area contributed by atoms with E-state index in [1.807, 2.05) is 13.8 Å². The van der Waals surface area contributed by atoms with Crippen molar-refractivity contribution in [2.24, 2.45) is 0 Å². The van der Waals surface area contributed by atoms with Crippen molar-refractivity contribution >= 4 is 16.8 Å². The van der Waals surface area contributed by atoms with Gasteiger partial charge in [-0.2, -0.15) is 0 Å². The molecule has 0 aliphatic heterocycles. The van der Waals surface area contributed by atoms with E-state index >= 15 is 0 Å². The Morgan fingerprint density at radius 3 is 2.65 bits per heavy atom. The molecule has 0 radical (unpaired) electrons. The van der Waals surface area contributed by atoms with Gasteiger partial charge in [0.05, 0.1) is 10.9 Å². The summed E-state index contributed by atoms with van der Waals surface area (Å²) in [5, 5.41) is 3.24. The first-order valence-corrected chi connectivity index (χ1v) is 7.62. The number of fused-ring (bicyclic) bond motifs is 1. The third-order valence-electron chi connectivity index (χ3n) is 3.77. The Morgan fingerprint density at radius 1 is 1.30 bits per heavy atom. The van der Waals surface area contributed by atoms with Gasteiger partial charge in [-0.3, -0.25) is 18.7 Å². The van der Waals surface area contributed by atoms with Crippen molar-refractivity contribution in [3.05, 3.63) is 57.8 Å². The summed E-state index contributed by atoms with van der Waals surface area (Å²) in [6.07, 6.45) is 2.29. The predicted molar refractivity (Wildman–Crippen MR) is 90.6 cm³/mol. The minimum absolute atomic E-state index is 0.0311. The molecule has 0 saturated carbocycles. The fraction of sp³-hybridized carbons (Fsp3) is 0.353. The SMILES string of the molecule is C=CCn1c(=O)c2ccccc2n(CC(=O)N[C@@H](C)CC)c1=O. The lowest BCUT2D eigenvalue weighted by Crippen LogP contribution is -2.43. The summed E-state index contributed by atoms with van der Waals surface area (Å²) in [5.74, 6) is -0.254. The molecule has 1 atom stereocenters. The molecule has 6 heteroatoms. The van der Waals surface area contributed by atoms with Crippen LogP contribution >= 0.6 is 0 Å². The van der Waals surface area contributed by atoms with Gasteiger partial charge in [-0.25, -0.2) is 4.79 Å². The van der Waals surface area contributed by atoms with E-state index in [1.165, 1.54) is 10.6 Å². The summed E-state index contributed by atoms with van der Waals surface area (Å²) in [6, 6.07) is 6.83. The Balaban J connectivity index is 2.58. The molecule has 2 rings (SSSR count). The summed E-state index contributed by atoms with van der Waals surface area (Å²) in [6.45, 7) is 7.42. The first kappa shape index (κ1) is 16.7. The normalized spacial score (nSPS) is 12.1. The lowest BCUT2D eigenvalue weighted by Gasteiger charge is -2.15. The van der Waals surface area contributed by atoms with E-state index in [0.717, 1.165) is 11.0 Å². The highest BCUT2D eigenvalue weighted by atomic mass is 16.2. The first-order chi connectivity index (χ1) is 11.0. The summed E-state index contributed by atoms with van der Waals surface area (Å²) >= 11 is 0. The second kappa shape index (κ2) is 7.09. The van der Waals surface area contributed by atoms with Crippen molar-refractivity contribution in [1.29, 1.82) is 0 Å². The van der Waals surface area contributed by atoms with Crippen molar-refractivity contribution in [2.45, 2.75) is 39.4 Å². The van der Waals surface area contributed by atoms with Gasteiger partial charge in [0.15, 0.2) is 0 Å². The minimum Gasteiger partial charge on any atom is -0.352 e. The van der Waals surface area contributed by atoms with Crippen LogP contribution < -0.4 is 16.6 Å². The number of benzene rings is 1. The van der Waals surface area contributed by atoms with Gasteiger partial charge in [-0.15, -0.1) is 6.58 Å². The van der Waals surface area contributed by atoms with Gasteiger partial charge >= 0.3 is 5.69 Å². The standard InChI is InChI=1S/C17H21N3O3/c1-4-10-19-16(22)13-8-6-7-9-14(13)20(17(19)23)11-15(21)18-12(3)5-2/h4,6-9,12H,1,5,10-11H2,2-3H3,(H,18,21)/t12-/m0/s1. The summed E-state index contributed by atoms with van der Waals surface area (Å²) in [7, 11) is 0. The number of allylic oxidation sites excluding steroid dienone is 1. The van der Waals surface area contributed by atoms with E-state index in [2.05, 4.69) is 11.9 Å². The third kappa shape index (κ3) is 3.41. The van der Waals surface area contributed by atoms with E-state index in [1.54, 1.807) is 24.3 Å². The molecule has 0 bridgehead atoms. The van der Waals surface area contributed by atoms with Gasteiger partial charge in [0.1, 0.15) is 6.54 Å². The van der Waals surface area contributed by atoms with Gasteiger partial charge in [0.25, 0.3) is 5.56 Å². The van der Waals surface area contributed by atoms with Crippen LogP contribution in [0.3, 0.4) is 0 Å². The molecule has 1 aromatic heterocycles. The van der Waals surface area contributed by atoms with Crippen molar-refractivity contribution in [2.75, 3.05) is 0 Å². The van der Waals surface area contributed by atoms with Crippen LogP contribution in [-0.4, -0.2) is 21.1 Å². The van der Waals surface area contributed by atoms with Crippen LogP contribution in [0.5, 0.6) is 0 Å². The van der Waals surface area contributed by atoms with Gasteiger partial charge in [-0.1, -0.05) is 25.1 Å². The molecule has 1 amide bonds. The molecule has 2 aromatic rings. The number of hydrogen-bond donors (Lipinski definition) is 1. The minimum atomic E-state index is -0.507. The van der Waals surface area contributed by atoms with Crippen LogP contribution in [0.4, 0.5) is 0 Å². The van der Waals surface area contributed by atoms with E-state index < -0.39 is 5.69 Å². The summed E-state index contributed by atoms with van der Waals surface area (Å²) in [5.41, 5.74) is -0.418. The number of carbonyl (C=O) groups is 1. The predicted octanol–water partition coefficient (Wildman–Crippen LogP) is 1.26. The molecule has 0 unspecified atom stereocenters. The molecule has 122 valence electrons. The molecule has 0 spiro atoms. The summed E-state index contributed by atoms with van der Waals surface area (Å²) < 4.78 is 2.42. The van der Waals surface area contributed by atoms with Crippen LogP contribution in [0.15, 0.2) is 46.5 Å². The molecular weight excluding hydrogens is 294 g/mol. The highest BCUT2D eigenvalue weighted by Crippen LogP contribution is 2.07. The first-order valence-electron chi connectivity index (χ1n) is 7.62. The van der Waals surface area contributed by atoms with Gasteiger partial charge in [-0.05, 0) is 25.5 Å². The lowest BCUT2D eigenvalue weighted by atomic mass is 10.2. The van der Waals surface area contributed by atoms with Crippen LogP contribution in [-0.2, 0) is 17.9 Å². The molecule has 23 heavy (non-hydrogen) atoms. The van der Waals surface area contributed by atoms with E-state index in [-0.39, 0.29) is 30.6 Å². The number of nitrogens with one attached hydrogen (secondary N) is 1. The molecule has 6 nitrogen and oxygen atoms in total. The van der Waals surface area contributed by atoms with Crippen LogP contribution in [0, 0.1) is 0 Å². The highest BCUT2D eigenvalue weighted by molar-refractivity contribution is 5.81. The van der Waals surface area contributed by atoms with Crippen molar-refractivity contribution in [1.82, 2.24) is 14.5 Å². The van der Waals surface area contributed by atoms with Gasteiger partial charge in [0.2, 0.25) is 5.91 Å². The molecule has 0 aliphatic carbocycles. The van der Waals surface area contributed by atoms with Crippen molar-refractivity contribution < 1.29 is 4.79 Å². The molecule has 1 heterocycles. The van der Waals surface area contributed by atoms with Gasteiger partial charge in [0, 0.05) is 12.6 Å². The van der Waals surface area contributed by atoms with Crippen LogP contribution in [0.2, 0.25) is 0 Å². The zero-order valence-electron chi connectivity index (χ0n) is 13.4. The van der Waals surface area contributed by atoms with Gasteiger partial charge < -0.3 is 5.32 Å². The molecular formula is C17H21N3O3. The number of para-hydroxylation sites is 1. The number of amides is 1. The Kier molecular flexibility index (Phi) is 5.16. The summed E-state index contributed by atoms with van der Waals surface area (Å²) in [4.78, 5) is 37.1. The number of nitrogens with zero attached hydrogens (tertiary/aromatic N) is 2. The smallest absolute Gasteiger partial charge is 0.332 e. The fourth-order valence-corrected chi connectivity index (χ4v) is 2.38. The number of aromatic nitrogens is 2. The van der Waals surface area contributed by atoms with E-state index in [9.17, 15) is 14.4 Å². The maximum absolute atomic E-state index is 12.6. The number of hydrogen-bond acceptors (Lipinski definition) is 3. The van der Waals surface area contributed by atoms with Crippen LogP contribution in [0.25, 0.3) is 10.9 Å². The van der Waals surface area contributed by atoms with Crippen LogP contribution in [0.1, 0.15) is 20.3 Å². The average Bonchev–Trinajstić information content (AvgIpc) is 2.55. The Labute approximate surface area is 134 Å². The Hall–Kier alpha value is -2.63. The monoisotopic (exact) mass is 315 g/mol. The van der Waals surface area contributed by atoms with Crippen molar-refractivity contribution in [3.8, 4) is 0 Å². The van der Waals surface area contributed by atoms with E-state index in [4.69, 9.17) is 0 Å². The lowest BCUT2D eigenvalue weighted by molar-refractivity contribution is -0.122. The molecule has 1 aromatic carbocycles. The second-order valence-corrected chi connectivity index (χ2v) is 5.47. The fourth-order valence-electron chi connectivity index (χ4n) is 2.38. The Morgan fingerprint density at radius 2 is 2.00 bits per heavy atom.